The first-order valence-electron chi connectivity index (χ1n) is 5.92. The molecule has 1 unspecified atom stereocenters. The second-order valence-electron chi connectivity index (χ2n) is 4.39. The van der Waals surface area contributed by atoms with Crippen molar-refractivity contribution in [2.24, 2.45) is 0 Å². The summed E-state index contributed by atoms with van der Waals surface area (Å²) >= 11 is 3.35. The quantitative estimate of drug-likeness (QED) is 0.909. The molecule has 0 saturated carbocycles. The zero-order valence-corrected chi connectivity index (χ0v) is 11.8. The van der Waals surface area contributed by atoms with Crippen LogP contribution in [0.4, 0.5) is 0 Å². The maximum atomic E-state index is 12.4. The lowest BCUT2D eigenvalue weighted by Gasteiger charge is -2.30. The summed E-state index contributed by atoms with van der Waals surface area (Å²) in [5, 5.41) is 9.62. The maximum Gasteiger partial charge on any atom is 0.257 e. The number of rotatable bonds is 2. The molecule has 5 heteroatoms. The molecule has 0 radical (unpaired) electrons. The largest absolute Gasteiger partial charge is 0.496 e. The average Bonchev–Trinajstić information content (AvgIpc) is 2.38. The summed E-state index contributed by atoms with van der Waals surface area (Å²) in [6.45, 7) is 1.08. The zero-order valence-electron chi connectivity index (χ0n) is 10.2. The molecule has 1 saturated heterocycles. The second-order valence-corrected chi connectivity index (χ2v) is 5.31. The number of methoxy groups -OCH3 is 1. The number of carbonyl (C=O) groups is 1. The molecule has 98 valence electrons. The van der Waals surface area contributed by atoms with E-state index in [-0.39, 0.29) is 5.91 Å². The SMILES string of the molecule is COc1ccc(Br)cc1C(=O)N1CCCC(O)C1. The van der Waals surface area contributed by atoms with Crippen LogP contribution in [-0.2, 0) is 0 Å². The highest BCUT2D eigenvalue weighted by Gasteiger charge is 2.25. The molecule has 1 atom stereocenters. The molecule has 0 spiro atoms. The van der Waals surface area contributed by atoms with Crippen LogP contribution in [-0.4, -0.2) is 42.2 Å². The van der Waals surface area contributed by atoms with Gasteiger partial charge in [-0.1, -0.05) is 15.9 Å². The van der Waals surface area contributed by atoms with E-state index in [0.717, 1.165) is 17.3 Å². The van der Waals surface area contributed by atoms with Crippen LogP contribution in [0, 0.1) is 0 Å². The number of aliphatic hydroxyl groups excluding tert-OH is 1. The summed E-state index contributed by atoms with van der Waals surface area (Å²) in [5.74, 6) is 0.468. The van der Waals surface area contributed by atoms with Crippen molar-refractivity contribution in [2.45, 2.75) is 18.9 Å². The Labute approximate surface area is 115 Å². The van der Waals surface area contributed by atoms with E-state index in [1.807, 2.05) is 6.07 Å². The van der Waals surface area contributed by atoms with Crippen molar-refractivity contribution >= 4 is 21.8 Å². The highest BCUT2D eigenvalue weighted by Crippen LogP contribution is 2.25. The molecular formula is C13H16BrNO3. The first kappa shape index (κ1) is 13.4. The Balaban J connectivity index is 2.24. The van der Waals surface area contributed by atoms with Gasteiger partial charge in [0, 0.05) is 17.6 Å². The van der Waals surface area contributed by atoms with Gasteiger partial charge in [0.15, 0.2) is 0 Å². The number of hydrogen-bond acceptors (Lipinski definition) is 3. The van der Waals surface area contributed by atoms with Gasteiger partial charge in [0.1, 0.15) is 5.75 Å². The maximum absolute atomic E-state index is 12.4. The average molecular weight is 314 g/mol. The van der Waals surface area contributed by atoms with Crippen LogP contribution in [0.3, 0.4) is 0 Å². The Bertz CT molecular complexity index is 450. The lowest BCUT2D eigenvalue weighted by atomic mass is 10.1. The van der Waals surface area contributed by atoms with Crippen molar-refractivity contribution in [3.05, 3.63) is 28.2 Å². The number of nitrogens with zero attached hydrogens (tertiary/aromatic N) is 1. The number of benzene rings is 1. The fraction of sp³-hybridized carbons (Fsp3) is 0.462. The van der Waals surface area contributed by atoms with Gasteiger partial charge in [0.05, 0.1) is 18.8 Å². The molecule has 1 N–H and O–H groups in total. The molecule has 0 bridgehead atoms. The standard InChI is InChI=1S/C13H16BrNO3/c1-18-12-5-4-9(14)7-11(12)13(17)15-6-2-3-10(16)8-15/h4-5,7,10,16H,2-3,6,8H2,1H3. The van der Waals surface area contributed by atoms with Crippen molar-refractivity contribution in [1.29, 1.82) is 0 Å². The molecule has 0 aliphatic carbocycles. The highest BCUT2D eigenvalue weighted by molar-refractivity contribution is 9.10. The predicted octanol–water partition coefficient (Wildman–Crippen LogP) is 2.05. The fourth-order valence-corrected chi connectivity index (χ4v) is 2.52. The Kier molecular flexibility index (Phi) is 4.24. The number of amides is 1. The number of piperidine rings is 1. The van der Waals surface area contributed by atoms with Gasteiger partial charge in [-0.05, 0) is 31.0 Å². The summed E-state index contributed by atoms with van der Waals surface area (Å²) in [6, 6.07) is 5.35. The number of hydrogen-bond donors (Lipinski definition) is 1. The van der Waals surface area contributed by atoms with Gasteiger partial charge in [-0.25, -0.2) is 0 Å². The van der Waals surface area contributed by atoms with E-state index in [0.29, 0.717) is 24.4 Å². The van der Waals surface area contributed by atoms with Crippen LogP contribution >= 0.6 is 15.9 Å². The van der Waals surface area contributed by atoms with Crippen molar-refractivity contribution in [2.75, 3.05) is 20.2 Å². The highest BCUT2D eigenvalue weighted by atomic mass is 79.9. The number of likely N-dealkylation sites (tertiary alicyclic amines) is 1. The van der Waals surface area contributed by atoms with E-state index >= 15 is 0 Å². The van der Waals surface area contributed by atoms with Crippen LogP contribution in [0.1, 0.15) is 23.2 Å². The molecule has 1 aromatic rings. The van der Waals surface area contributed by atoms with Crippen molar-refractivity contribution < 1.29 is 14.6 Å². The van der Waals surface area contributed by atoms with E-state index in [4.69, 9.17) is 4.74 Å². The molecule has 2 rings (SSSR count). The first-order chi connectivity index (χ1) is 8.61. The van der Waals surface area contributed by atoms with Gasteiger partial charge < -0.3 is 14.7 Å². The predicted molar refractivity (Wildman–Crippen MR) is 71.8 cm³/mol. The van der Waals surface area contributed by atoms with Crippen molar-refractivity contribution in [3.63, 3.8) is 0 Å². The van der Waals surface area contributed by atoms with Gasteiger partial charge in [0.25, 0.3) is 5.91 Å². The van der Waals surface area contributed by atoms with E-state index in [1.54, 1.807) is 24.1 Å². The van der Waals surface area contributed by atoms with Crippen molar-refractivity contribution in [3.8, 4) is 5.75 Å². The van der Waals surface area contributed by atoms with Gasteiger partial charge >= 0.3 is 0 Å². The summed E-state index contributed by atoms with van der Waals surface area (Å²) in [5.41, 5.74) is 0.529. The minimum Gasteiger partial charge on any atom is -0.496 e. The molecule has 1 fully saturated rings. The molecule has 0 aromatic heterocycles. The molecule has 1 heterocycles. The number of halogens is 1. The van der Waals surface area contributed by atoms with E-state index < -0.39 is 6.10 Å². The third kappa shape index (κ3) is 2.84. The van der Waals surface area contributed by atoms with Crippen LogP contribution in [0.15, 0.2) is 22.7 Å². The first-order valence-corrected chi connectivity index (χ1v) is 6.72. The number of aliphatic hydroxyl groups is 1. The molecule has 4 nitrogen and oxygen atoms in total. The Morgan fingerprint density at radius 3 is 3.00 bits per heavy atom. The summed E-state index contributed by atoms with van der Waals surface area (Å²) in [6.07, 6.45) is 1.18. The van der Waals surface area contributed by atoms with E-state index in [9.17, 15) is 9.90 Å². The molecule has 1 amide bonds. The van der Waals surface area contributed by atoms with Gasteiger partial charge in [-0.2, -0.15) is 0 Å². The lowest BCUT2D eigenvalue weighted by Crippen LogP contribution is -2.42. The summed E-state index contributed by atoms with van der Waals surface area (Å²) in [7, 11) is 1.55. The smallest absolute Gasteiger partial charge is 0.257 e. The minimum absolute atomic E-state index is 0.0908. The molecule has 1 aliphatic rings. The Morgan fingerprint density at radius 2 is 2.33 bits per heavy atom. The van der Waals surface area contributed by atoms with Crippen molar-refractivity contribution in [1.82, 2.24) is 4.90 Å². The van der Waals surface area contributed by atoms with Crippen LogP contribution in [0.5, 0.6) is 5.75 Å². The minimum atomic E-state index is -0.416. The molecule has 1 aromatic carbocycles. The molecule has 18 heavy (non-hydrogen) atoms. The number of ether oxygens (including phenoxy) is 1. The van der Waals surface area contributed by atoms with E-state index in [2.05, 4.69) is 15.9 Å². The summed E-state index contributed by atoms with van der Waals surface area (Å²) < 4.78 is 6.05. The second kappa shape index (κ2) is 5.71. The zero-order chi connectivity index (χ0) is 13.1. The fourth-order valence-electron chi connectivity index (χ4n) is 2.16. The third-order valence-electron chi connectivity index (χ3n) is 3.08. The lowest BCUT2D eigenvalue weighted by molar-refractivity contribution is 0.0471. The Morgan fingerprint density at radius 1 is 1.56 bits per heavy atom. The van der Waals surface area contributed by atoms with Crippen LogP contribution in [0.2, 0.25) is 0 Å². The normalized spacial score (nSPS) is 19.7. The van der Waals surface area contributed by atoms with Crippen LogP contribution in [0.25, 0.3) is 0 Å². The van der Waals surface area contributed by atoms with Gasteiger partial charge in [-0.15, -0.1) is 0 Å². The van der Waals surface area contributed by atoms with Gasteiger partial charge in [0.2, 0.25) is 0 Å². The molecule has 1 aliphatic heterocycles. The van der Waals surface area contributed by atoms with Gasteiger partial charge in [-0.3, -0.25) is 4.79 Å². The summed E-state index contributed by atoms with van der Waals surface area (Å²) in [4.78, 5) is 14.1. The van der Waals surface area contributed by atoms with Crippen LogP contribution < -0.4 is 4.74 Å². The number of β-amino-alcohol motifs (C(OH)–C–C–N with tert-alkyl or cyclic N) is 1. The Hall–Kier alpha value is -1.07. The topological polar surface area (TPSA) is 49.8 Å². The number of carbonyl (C=O) groups excluding carboxylic acids is 1. The monoisotopic (exact) mass is 313 g/mol. The molecular weight excluding hydrogens is 298 g/mol. The third-order valence-corrected chi connectivity index (χ3v) is 3.57. The van der Waals surface area contributed by atoms with E-state index in [1.165, 1.54) is 0 Å².